The van der Waals surface area contributed by atoms with Crippen LogP contribution < -0.4 is 16.4 Å². The molecule has 1 aromatic carbocycles. The van der Waals surface area contributed by atoms with E-state index < -0.39 is 21.5 Å². The molecule has 3 rings (SSSR count). The third-order valence-electron chi connectivity index (χ3n) is 4.15. The Morgan fingerprint density at radius 1 is 1.08 bits per heavy atom. The molecule has 0 spiro atoms. The van der Waals surface area contributed by atoms with Crippen LogP contribution in [-0.4, -0.2) is 23.2 Å². The van der Waals surface area contributed by atoms with Crippen LogP contribution in [0.3, 0.4) is 0 Å². The van der Waals surface area contributed by atoms with E-state index in [2.05, 4.69) is 15.9 Å². The first-order chi connectivity index (χ1) is 11.8. The molecule has 0 unspecified atom stereocenters. The molecule has 8 heteroatoms. The molecule has 5 nitrogen and oxygen atoms in total. The van der Waals surface area contributed by atoms with E-state index in [0.717, 1.165) is 34.1 Å². The number of aromatic nitrogens is 2. The zero-order valence-corrected chi connectivity index (χ0v) is 16.1. The first-order valence-electron chi connectivity index (χ1n) is 8.01. The number of hydrogen-bond donors (Lipinski definition) is 0. The molecule has 2 aromatic rings. The van der Waals surface area contributed by atoms with E-state index in [4.69, 9.17) is 0 Å². The van der Waals surface area contributed by atoms with Crippen molar-refractivity contribution in [2.24, 2.45) is 0 Å². The molecular weight excluding hydrogens is 411 g/mol. The fourth-order valence-electron chi connectivity index (χ4n) is 3.06. The van der Waals surface area contributed by atoms with Gasteiger partial charge in [-0.2, -0.15) is 3.97 Å². The molecule has 0 radical (unpaired) electrons. The lowest BCUT2D eigenvalue weighted by Gasteiger charge is -2.05. The summed E-state index contributed by atoms with van der Waals surface area (Å²) in [5.41, 5.74) is -0.738. The summed E-state index contributed by atoms with van der Waals surface area (Å²) in [7, 11) is -3.82. The minimum absolute atomic E-state index is 0.0377. The maximum absolute atomic E-state index is 14.5. The zero-order valence-electron chi connectivity index (χ0n) is 13.7. The number of hydrogen-bond acceptors (Lipinski definition) is 3. The van der Waals surface area contributed by atoms with Crippen molar-refractivity contribution in [2.45, 2.75) is 32.1 Å². The van der Waals surface area contributed by atoms with Crippen molar-refractivity contribution in [1.29, 1.82) is 0 Å². The van der Waals surface area contributed by atoms with E-state index in [1.165, 1.54) is 12.1 Å². The molecule has 0 N–H and O–H groups in total. The van der Waals surface area contributed by atoms with Crippen molar-refractivity contribution < 1.29 is 12.8 Å². The van der Waals surface area contributed by atoms with Gasteiger partial charge in [-0.1, -0.05) is 34.5 Å². The summed E-state index contributed by atoms with van der Waals surface area (Å²) in [5, 5.41) is 0.746. The summed E-state index contributed by atoms with van der Waals surface area (Å²) in [6, 6.07) is 4.34. The van der Waals surface area contributed by atoms with Gasteiger partial charge in [0.2, 0.25) is 10.0 Å². The number of rotatable bonds is 2. The molecule has 0 atom stereocenters. The van der Waals surface area contributed by atoms with Gasteiger partial charge < -0.3 is 0 Å². The number of nitrogens with zero attached hydrogens (tertiary/aromatic N) is 2. The number of benzene rings is 1. The third kappa shape index (κ3) is 3.50. The molecule has 1 heterocycles. The second-order valence-electron chi connectivity index (χ2n) is 6.06. The molecule has 1 aromatic heterocycles. The highest BCUT2D eigenvalue weighted by Gasteiger charge is 2.20. The molecule has 25 heavy (non-hydrogen) atoms. The lowest BCUT2D eigenvalue weighted by Crippen LogP contribution is -2.36. The van der Waals surface area contributed by atoms with Gasteiger partial charge in [-0.3, -0.25) is 4.57 Å². The van der Waals surface area contributed by atoms with Gasteiger partial charge in [0.05, 0.1) is 22.6 Å². The summed E-state index contributed by atoms with van der Waals surface area (Å²) in [6.45, 7) is 0. The first-order valence-corrected chi connectivity index (χ1v) is 10.6. The largest absolute Gasteiger partial charge is 0.347 e. The van der Waals surface area contributed by atoms with E-state index in [-0.39, 0.29) is 5.69 Å². The normalized spacial score (nSPS) is 15.3. The molecule has 134 valence electrons. The van der Waals surface area contributed by atoms with Gasteiger partial charge in [-0.25, -0.2) is 17.6 Å². The average Bonchev–Trinajstić information content (AvgIpc) is 2.83. The Kier molecular flexibility index (Phi) is 5.02. The highest BCUT2D eigenvalue weighted by Crippen LogP contribution is 2.17. The van der Waals surface area contributed by atoms with Crippen LogP contribution in [-0.2, 0) is 10.0 Å². The second-order valence-corrected chi connectivity index (χ2v) is 8.80. The van der Waals surface area contributed by atoms with Crippen molar-refractivity contribution >= 4 is 38.1 Å². The first kappa shape index (κ1) is 18.1. The standard InChI is InChI=1S/C17H18BrFN2O3S/c1-25(23,24)21-16-8-6-4-2-3-5-7-15(16)20(17(21)22)14-10-9-12(18)11-13(14)19/h7-11H,2-6H2,1H3. The molecule has 1 aliphatic rings. The van der Waals surface area contributed by atoms with Crippen LogP contribution >= 0.6 is 15.9 Å². The molecule has 0 fully saturated rings. The van der Waals surface area contributed by atoms with Crippen molar-refractivity contribution in [2.75, 3.05) is 6.26 Å². The SMILES string of the molecule is CS(=O)(=O)n1c2c(n(-c3ccc(Br)cc3F)c1=O)=CCCCCCC=2. The Morgan fingerprint density at radius 2 is 1.72 bits per heavy atom. The summed E-state index contributed by atoms with van der Waals surface area (Å²) in [6.07, 6.45) is 8.81. The van der Waals surface area contributed by atoms with Crippen molar-refractivity contribution in [1.82, 2.24) is 8.54 Å². The van der Waals surface area contributed by atoms with Crippen LogP contribution in [0, 0.1) is 5.82 Å². The summed E-state index contributed by atoms with van der Waals surface area (Å²) in [4.78, 5) is 12.9. The van der Waals surface area contributed by atoms with Gasteiger partial charge >= 0.3 is 5.69 Å². The Bertz CT molecular complexity index is 1100. The maximum Gasteiger partial charge on any atom is 0.347 e. The summed E-state index contributed by atoms with van der Waals surface area (Å²) in [5.74, 6) is -0.599. The van der Waals surface area contributed by atoms with Crippen molar-refractivity contribution in [3.05, 3.63) is 49.7 Å². The lowest BCUT2D eigenvalue weighted by atomic mass is 10.1. The smallest absolute Gasteiger partial charge is 0.257 e. The molecule has 0 aliphatic heterocycles. The van der Waals surface area contributed by atoms with E-state index in [1.54, 1.807) is 12.1 Å². The van der Waals surface area contributed by atoms with Crippen LogP contribution in [0.2, 0.25) is 0 Å². The van der Waals surface area contributed by atoms with Gasteiger partial charge in [0, 0.05) is 4.47 Å². The molecule has 1 aliphatic carbocycles. The van der Waals surface area contributed by atoms with Gasteiger partial charge in [0.15, 0.2) is 0 Å². The predicted molar refractivity (Wildman–Crippen MR) is 99.2 cm³/mol. The quantitative estimate of drug-likeness (QED) is 0.733. The van der Waals surface area contributed by atoms with Crippen LogP contribution in [0.5, 0.6) is 0 Å². The topological polar surface area (TPSA) is 61.1 Å². The third-order valence-corrected chi connectivity index (χ3v) is 5.66. The van der Waals surface area contributed by atoms with Crippen LogP contribution in [0.4, 0.5) is 4.39 Å². The van der Waals surface area contributed by atoms with Gasteiger partial charge in [0.1, 0.15) is 5.82 Å². The van der Waals surface area contributed by atoms with E-state index in [0.29, 0.717) is 28.0 Å². The highest BCUT2D eigenvalue weighted by molar-refractivity contribution is 9.10. The van der Waals surface area contributed by atoms with Crippen LogP contribution in [0.15, 0.2) is 27.5 Å². The van der Waals surface area contributed by atoms with E-state index in [9.17, 15) is 17.6 Å². The molecule has 0 saturated heterocycles. The Balaban J connectivity index is 2.49. The fourth-order valence-corrected chi connectivity index (χ4v) is 4.28. The zero-order chi connectivity index (χ0) is 18.2. The molecule has 0 saturated carbocycles. The maximum atomic E-state index is 14.5. The molecule has 0 bridgehead atoms. The lowest BCUT2D eigenvalue weighted by molar-refractivity contribution is 0.588. The number of imidazole rings is 1. The van der Waals surface area contributed by atoms with Gasteiger partial charge in [-0.05, 0) is 43.9 Å². The number of halogens is 2. The van der Waals surface area contributed by atoms with Crippen LogP contribution in [0.25, 0.3) is 17.8 Å². The van der Waals surface area contributed by atoms with Crippen molar-refractivity contribution in [3.63, 3.8) is 0 Å². The van der Waals surface area contributed by atoms with E-state index in [1.807, 2.05) is 6.08 Å². The van der Waals surface area contributed by atoms with Gasteiger partial charge in [-0.15, -0.1) is 0 Å². The Hall–Kier alpha value is -1.67. The summed E-state index contributed by atoms with van der Waals surface area (Å²) >= 11 is 3.19. The minimum atomic E-state index is -3.82. The van der Waals surface area contributed by atoms with Crippen molar-refractivity contribution in [3.8, 4) is 5.69 Å². The number of fused-ring (bicyclic) bond motifs is 1. The van der Waals surface area contributed by atoms with Crippen LogP contribution in [0.1, 0.15) is 32.1 Å². The van der Waals surface area contributed by atoms with Gasteiger partial charge in [0.25, 0.3) is 0 Å². The van der Waals surface area contributed by atoms with E-state index >= 15 is 0 Å². The average molecular weight is 429 g/mol. The predicted octanol–water partition coefficient (Wildman–Crippen LogP) is 1.87. The second kappa shape index (κ2) is 6.92. The molecular formula is C17H18BrFN2O3S. The molecule has 0 amide bonds. The summed E-state index contributed by atoms with van der Waals surface area (Å²) < 4.78 is 41.4. The Morgan fingerprint density at radius 3 is 2.32 bits per heavy atom. The Labute approximate surface area is 153 Å². The fraction of sp³-hybridized carbons (Fsp3) is 0.353. The minimum Gasteiger partial charge on any atom is -0.257 e. The monoisotopic (exact) mass is 428 g/mol. The highest BCUT2D eigenvalue weighted by atomic mass is 79.9.